The van der Waals surface area contributed by atoms with E-state index >= 15 is 0 Å². The van der Waals surface area contributed by atoms with Crippen LogP contribution in [0.4, 0.5) is 0 Å². The minimum Gasteiger partial charge on any atom is -0.368 e. The van der Waals surface area contributed by atoms with Crippen LogP contribution in [0.5, 0.6) is 0 Å². The van der Waals surface area contributed by atoms with E-state index < -0.39 is 23.9 Å². The van der Waals surface area contributed by atoms with E-state index in [2.05, 4.69) is 17.5 Å². The molecule has 0 bridgehead atoms. The van der Waals surface area contributed by atoms with Crippen LogP contribution in [-0.2, 0) is 32.0 Å². The first kappa shape index (κ1) is 31.1. The van der Waals surface area contributed by atoms with E-state index in [1.807, 2.05) is 60.7 Å². The van der Waals surface area contributed by atoms with Crippen molar-refractivity contribution in [2.24, 2.45) is 17.4 Å². The fraction of sp³-hybridized carbons (Fsp3) is 0.389. The number of ketones is 1. The number of nitrogens with two attached hydrogens (primary N) is 2. The maximum atomic E-state index is 13.7. The Morgan fingerprint density at radius 2 is 1.73 bits per heavy atom. The zero-order valence-corrected chi connectivity index (χ0v) is 25.2. The minimum absolute atomic E-state index is 0.00384. The fourth-order valence-corrected chi connectivity index (χ4v) is 6.63. The Balaban J connectivity index is 1.25. The molecule has 0 aromatic heterocycles. The first-order chi connectivity index (χ1) is 21.4. The Labute approximate surface area is 258 Å². The number of unbranched alkanes of at least 4 members (excludes halogenated alkanes) is 1. The topological polar surface area (TPSA) is 136 Å². The Bertz CT molecular complexity index is 1560. The van der Waals surface area contributed by atoms with Gasteiger partial charge < -0.3 is 21.7 Å². The molecule has 8 heteroatoms. The van der Waals surface area contributed by atoms with Gasteiger partial charge in [0, 0.05) is 25.3 Å². The van der Waals surface area contributed by atoms with E-state index in [9.17, 15) is 19.2 Å². The second kappa shape index (κ2) is 14.4. The van der Waals surface area contributed by atoms with Crippen LogP contribution in [0, 0.1) is 5.92 Å². The summed E-state index contributed by atoms with van der Waals surface area (Å²) in [6.07, 6.45) is 6.52. The van der Waals surface area contributed by atoms with Gasteiger partial charge in [0.05, 0.1) is 12.5 Å². The third-order valence-electron chi connectivity index (χ3n) is 9.01. The number of carbonyl (C=O) groups excluding carboxylic acids is 4. The first-order valence-corrected chi connectivity index (χ1v) is 15.7. The number of Topliss-reactive ketones (excluding diaryl/α,β-unsaturated/α-hetero) is 1. The molecule has 5 rings (SSSR count). The van der Waals surface area contributed by atoms with E-state index in [0.717, 1.165) is 46.7 Å². The van der Waals surface area contributed by atoms with E-state index in [-0.39, 0.29) is 30.4 Å². The highest BCUT2D eigenvalue weighted by atomic mass is 16.2. The highest BCUT2D eigenvalue weighted by Gasteiger charge is 2.36. The van der Waals surface area contributed by atoms with Gasteiger partial charge in [-0.2, -0.15) is 0 Å². The number of rotatable bonds is 14. The predicted molar refractivity (Wildman–Crippen MR) is 172 cm³/mol. The second-order valence-corrected chi connectivity index (χ2v) is 12.0. The Kier molecular flexibility index (Phi) is 10.2. The average molecular weight is 595 g/mol. The van der Waals surface area contributed by atoms with Crippen LogP contribution in [-0.4, -0.2) is 53.6 Å². The van der Waals surface area contributed by atoms with Gasteiger partial charge in [0.2, 0.25) is 17.7 Å². The van der Waals surface area contributed by atoms with Crippen molar-refractivity contribution in [3.05, 3.63) is 89.5 Å². The van der Waals surface area contributed by atoms with E-state index in [0.29, 0.717) is 38.8 Å². The number of carbonyl (C=O) groups is 4. The Morgan fingerprint density at radius 3 is 2.55 bits per heavy atom. The number of nitrogens with zero attached hydrogens (tertiary/aromatic N) is 1. The SMILES string of the molecule is NCCCC[C@H](CC(=O)[C@@H]1CCCN1C(=O)Cc1cccc2ccccc12)C(=O)N[C@@H](CC1=CCc2ccccc21)C(N)=O. The molecule has 1 aliphatic carbocycles. The molecule has 3 amide bonds. The van der Waals surface area contributed by atoms with Gasteiger partial charge in [0.25, 0.3) is 0 Å². The fourth-order valence-electron chi connectivity index (χ4n) is 6.63. The van der Waals surface area contributed by atoms with Crippen LogP contribution >= 0.6 is 0 Å². The number of benzene rings is 3. The van der Waals surface area contributed by atoms with Gasteiger partial charge in [-0.25, -0.2) is 0 Å². The average Bonchev–Trinajstić information content (AvgIpc) is 3.68. The van der Waals surface area contributed by atoms with Crippen LogP contribution in [0.2, 0.25) is 0 Å². The van der Waals surface area contributed by atoms with Gasteiger partial charge >= 0.3 is 0 Å². The molecule has 0 spiro atoms. The van der Waals surface area contributed by atoms with Gasteiger partial charge in [0.15, 0.2) is 5.78 Å². The van der Waals surface area contributed by atoms with E-state index in [4.69, 9.17) is 11.5 Å². The van der Waals surface area contributed by atoms with Crippen LogP contribution in [0.1, 0.15) is 61.6 Å². The summed E-state index contributed by atoms with van der Waals surface area (Å²) in [7, 11) is 0. The lowest BCUT2D eigenvalue weighted by molar-refractivity contribution is -0.138. The molecular formula is C36H42N4O4. The van der Waals surface area contributed by atoms with Crippen LogP contribution in [0.15, 0.2) is 72.8 Å². The molecule has 0 saturated carbocycles. The molecule has 44 heavy (non-hydrogen) atoms. The first-order valence-electron chi connectivity index (χ1n) is 15.7. The molecule has 1 heterocycles. The zero-order valence-electron chi connectivity index (χ0n) is 25.2. The summed E-state index contributed by atoms with van der Waals surface area (Å²) in [5.41, 5.74) is 15.6. The van der Waals surface area contributed by atoms with Crippen molar-refractivity contribution < 1.29 is 19.2 Å². The lowest BCUT2D eigenvalue weighted by atomic mass is 9.91. The van der Waals surface area contributed by atoms with Crippen molar-refractivity contribution >= 4 is 39.9 Å². The summed E-state index contributed by atoms with van der Waals surface area (Å²) in [4.78, 5) is 55.0. The van der Waals surface area contributed by atoms with Crippen molar-refractivity contribution in [3.8, 4) is 0 Å². The molecular weight excluding hydrogens is 552 g/mol. The Hall–Kier alpha value is -4.30. The number of hydrogen-bond acceptors (Lipinski definition) is 5. The van der Waals surface area contributed by atoms with Crippen LogP contribution < -0.4 is 16.8 Å². The normalized spacial score (nSPS) is 17.2. The van der Waals surface area contributed by atoms with Crippen LogP contribution in [0.25, 0.3) is 16.3 Å². The number of fused-ring (bicyclic) bond motifs is 2. The second-order valence-electron chi connectivity index (χ2n) is 12.0. The predicted octanol–water partition coefficient (Wildman–Crippen LogP) is 4.08. The number of likely N-dealkylation sites (tertiary alicyclic amines) is 1. The van der Waals surface area contributed by atoms with Crippen molar-refractivity contribution in [1.29, 1.82) is 0 Å². The third kappa shape index (κ3) is 7.25. The molecule has 1 saturated heterocycles. The van der Waals surface area contributed by atoms with Gasteiger partial charge in [-0.05, 0) is 71.7 Å². The number of allylic oxidation sites excluding steroid dienone is 1. The van der Waals surface area contributed by atoms with Crippen molar-refractivity contribution in [3.63, 3.8) is 0 Å². The summed E-state index contributed by atoms with van der Waals surface area (Å²) in [6.45, 7) is 1.00. The highest BCUT2D eigenvalue weighted by Crippen LogP contribution is 2.31. The molecule has 3 atom stereocenters. The van der Waals surface area contributed by atoms with Crippen LogP contribution in [0.3, 0.4) is 0 Å². The quantitative estimate of drug-likeness (QED) is 0.242. The number of primary amides is 1. The molecule has 1 fully saturated rings. The lowest BCUT2D eigenvalue weighted by Crippen LogP contribution is -2.48. The summed E-state index contributed by atoms with van der Waals surface area (Å²) >= 11 is 0. The van der Waals surface area contributed by atoms with Crippen molar-refractivity contribution in [1.82, 2.24) is 10.2 Å². The molecule has 0 unspecified atom stereocenters. The molecule has 8 nitrogen and oxygen atoms in total. The van der Waals surface area contributed by atoms with Gasteiger partial charge in [0.1, 0.15) is 6.04 Å². The number of hydrogen-bond donors (Lipinski definition) is 3. The molecule has 230 valence electrons. The highest BCUT2D eigenvalue weighted by molar-refractivity contribution is 5.96. The molecule has 0 radical (unpaired) electrons. The maximum Gasteiger partial charge on any atom is 0.240 e. The summed E-state index contributed by atoms with van der Waals surface area (Å²) in [5.74, 6) is -1.82. The molecule has 3 aromatic rings. The van der Waals surface area contributed by atoms with E-state index in [1.54, 1.807) is 4.90 Å². The number of nitrogens with one attached hydrogen (secondary N) is 1. The lowest BCUT2D eigenvalue weighted by Gasteiger charge is -2.26. The van der Waals surface area contributed by atoms with Gasteiger partial charge in [-0.15, -0.1) is 0 Å². The van der Waals surface area contributed by atoms with Gasteiger partial charge in [-0.3, -0.25) is 19.2 Å². The largest absolute Gasteiger partial charge is 0.368 e. The monoisotopic (exact) mass is 594 g/mol. The standard InChI is InChI=1S/C36H42N4O4/c37-19-6-5-11-28(36(44)39-31(35(38)43)21-27-18-17-25-10-2-4-15-30(25)27)22-33(41)32-16-8-20-40(32)34(42)23-26-13-7-12-24-9-1-3-14-29(24)26/h1-4,7,9-10,12-15,18,28,31-32H,5-6,8,11,16-17,19-23,37H2,(H2,38,43)(H,39,44)/t28-,31+,32+/m1/s1. The molecule has 3 aromatic carbocycles. The van der Waals surface area contributed by atoms with E-state index in [1.165, 1.54) is 5.56 Å². The van der Waals surface area contributed by atoms with Gasteiger partial charge in [-0.1, -0.05) is 79.2 Å². The molecule has 2 aliphatic rings. The maximum absolute atomic E-state index is 13.7. The van der Waals surface area contributed by atoms with Crippen molar-refractivity contribution in [2.75, 3.05) is 13.1 Å². The van der Waals surface area contributed by atoms with Crippen molar-refractivity contribution in [2.45, 2.75) is 69.9 Å². The third-order valence-corrected chi connectivity index (χ3v) is 9.01. The minimum atomic E-state index is -0.891. The smallest absolute Gasteiger partial charge is 0.240 e. The zero-order chi connectivity index (χ0) is 31.1. The molecule has 5 N–H and O–H groups in total. The molecule has 1 aliphatic heterocycles. The summed E-state index contributed by atoms with van der Waals surface area (Å²) in [6, 6.07) is 20.4. The number of amides is 3. The summed E-state index contributed by atoms with van der Waals surface area (Å²) < 4.78 is 0. The summed E-state index contributed by atoms with van der Waals surface area (Å²) in [5, 5.41) is 4.96. The Morgan fingerprint density at radius 1 is 0.955 bits per heavy atom.